The lowest BCUT2D eigenvalue weighted by molar-refractivity contribution is 0.586. The van der Waals surface area contributed by atoms with Crippen molar-refractivity contribution in [3.05, 3.63) is 60.7 Å². The molecule has 0 aliphatic rings. The summed E-state index contributed by atoms with van der Waals surface area (Å²) in [6.45, 7) is 21.8. The zero-order valence-electron chi connectivity index (χ0n) is 19.2. The van der Waals surface area contributed by atoms with E-state index in [2.05, 4.69) is 121 Å². The first-order valence-electron chi connectivity index (χ1n) is 10.3. The highest BCUT2D eigenvalue weighted by atomic mass is 31.1. The molecule has 0 saturated carbocycles. The quantitative estimate of drug-likeness (QED) is 0.277. The van der Waals surface area contributed by atoms with Crippen molar-refractivity contribution in [3.63, 3.8) is 0 Å². The van der Waals surface area contributed by atoms with E-state index in [0.29, 0.717) is 5.28 Å². The Morgan fingerprint density at radius 2 is 1.14 bits per heavy atom. The van der Waals surface area contributed by atoms with Gasteiger partial charge in [-0.15, -0.1) is 0 Å². The highest BCUT2D eigenvalue weighted by Crippen LogP contribution is 2.47. The summed E-state index contributed by atoms with van der Waals surface area (Å²) >= 11 is 0. The van der Waals surface area contributed by atoms with E-state index in [0.717, 1.165) is 0 Å². The van der Waals surface area contributed by atoms with Crippen LogP contribution in [0.25, 0.3) is 0 Å². The Labute approximate surface area is 176 Å². The van der Waals surface area contributed by atoms with Gasteiger partial charge in [0.2, 0.25) is 0 Å². The Hall–Kier alpha value is -1.03. The van der Waals surface area contributed by atoms with Crippen molar-refractivity contribution in [2.24, 2.45) is 10.1 Å². The molecule has 2 rings (SSSR count). The summed E-state index contributed by atoms with van der Waals surface area (Å²) in [6.07, 6.45) is 0. The van der Waals surface area contributed by atoms with Crippen LogP contribution in [-0.4, -0.2) is 27.3 Å². The van der Waals surface area contributed by atoms with E-state index in [1.54, 1.807) is 0 Å². The molecule has 2 aromatic carbocycles. The van der Waals surface area contributed by atoms with E-state index in [1.807, 2.05) is 0 Å². The molecule has 0 amide bonds. The predicted octanol–water partition coefficient (Wildman–Crippen LogP) is 6.69. The minimum absolute atomic E-state index is 0.0787. The Kier molecular flexibility index (Phi) is 7.29. The van der Waals surface area contributed by atoms with Crippen LogP contribution in [0.15, 0.2) is 65.3 Å². The molecule has 0 radical (unpaired) electrons. The minimum atomic E-state index is -1.60. The Morgan fingerprint density at radius 1 is 0.750 bits per heavy atom. The van der Waals surface area contributed by atoms with Crippen molar-refractivity contribution in [1.29, 1.82) is 0 Å². The third-order valence-corrected chi connectivity index (χ3v) is 13.0. The van der Waals surface area contributed by atoms with Crippen molar-refractivity contribution in [2.45, 2.75) is 65.3 Å². The molecular formula is C24H38NPSi2. The fraction of sp³-hybridized carbons (Fsp3) is 0.458. The second-order valence-corrected chi connectivity index (χ2v) is 23.4. The Bertz CT molecular complexity index is 742. The monoisotopic (exact) mass is 427 g/mol. The van der Waals surface area contributed by atoms with Crippen LogP contribution in [0.3, 0.4) is 0 Å². The second kappa shape index (κ2) is 8.77. The molecular weight excluding hydrogens is 389 g/mol. The minimum Gasteiger partial charge on any atom is -0.329 e. The van der Waals surface area contributed by atoms with Gasteiger partial charge in [-0.3, -0.25) is 0 Å². The molecule has 152 valence electrons. The molecule has 0 saturated heterocycles. The first kappa shape index (κ1) is 23.3. The SMILES string of the molecule is CC(C)(C)/C(=N\[Si](C)(C)C)C(P(c1ccccc1)c1ccccc1)[Si](C)(C)C. The zero-order chi connectivity index (χ0) is 21.2. The maximum atomic E-state index is 5.53. The van der Waals surface area contributed by atoms with Crippen molar-refractivity contribution >= 4 is 40.6 Å². The van der Waals surface area contributed by atoms with Gasteiger partial charge in [-0.2, -0.15) is 0 Å². The molecule has 0 spiro atoms. The van der Waals surface area contributed by atoms with Crippen LogP contribution in [-0.2, 0) is 0 Å². The molecule has 0 heterocycles. The van der Waals surface area contributed by atoms with Gasteiger partial charge in [-0.25, -0.2) is 0 Å². The molecule has 0 aliphatic carbocycles. The van der Waals surface area contributed by atoms with Crippen LogP contribution >= 0.6 is 7.92 Å². The van der Waals surface area contributed by atoms with E-state index in [-0.39, 0.29) is 5.41 Å². The molecule has 0 N–H and O–H groups in total. The number of hydrogen-bond donors (Lipinski definition) is 0. The maximum Gasteiger partial charge on any atom is 0.172 e. The largest absolute Gasteiger partial charge is 0.329 e. The molecule has 1 atom stereocenters. The van der Waals surface area contributed by atoms with Crippen LogP contribution in [0.4, 0.5) is 0 Å². The van der Waals surface area contributed by atoms with Crippen LogP contribution in [0, 0.1) is 5.41 Å². The van der Waals surface area contributed by atoms with E-state index in [9.17, 15) is 0 Å². The fourth-order valence-electron chi connectivity index (χ4n) is 3.54. The van der Waals surface area contributed by atoms with Gasteiger partial charge in [0.25, 0.3) is 0 Å². The number of rotatable bonds is 6. The van der Waals surface area contributed by atoms with E-state index in [1.165, 1.54) is 16.3 Å². The van der Waals surface area contributed by atoms with Crippen LogP contribution < -0.4 is 10.6 Å². The summed E-state index contributed by atoms with van der Waals surface area (Å²) in [4.78, 5) is 0. The van der Waals surface area contributed by atoms with Crippen molar-refractivity contribution < 1.29 is 0 Å². The fourth-order valence-corrected chi connectivity index (χ4v) is 12.9. The molecule has 0 aliphatic heterocycles. The summed E-state index contributed by atoms with van der Waals surface area (Å²) in [5.74, 6) is 0. The molecule has 0 aromatic heterocycles. The molecule has 1 unspecified atom stereocenters. The van der Waals surface area contributed by atoms with Gasteiger partial charge in [0.05, 0.1) is 8.07 Å². The van der Waals surface area contributed by atoms with E-state index >= 15 is 0 Å². The van der Waals surface area contributed by atoms with Crippen molar-refractivity contribution in [3.8, 4) is 0 Å². The number of nitrogens with zero attached hydrogens (tertiary/aromatic N) is 1. The summed E-state index contributed by atoms with van der Waals surface area (Å²) < 4.78 is 5.53. The van der Waals surface area contributed by atoms with Crippen LogP contribution in [0.2, 0.25) is 39.3 Å². The second-order valence-electron chi connectivity index (χ2n) is 10.7. The summed E-state index contributed by atoms with van der Waals surface area (Å²) in [7, 11) is -3.67. The average Bonchev–Trinajstić information content (AvgIpc) is 2.56. The molecule has 0 bridgehead atoms. The van der Waals surface area contributed by atoms with E-state index in [4.69, 9.17) is 4.66 Å². The molecule has 1 nitrogen and oxygen atoms in total. The Balaban J connectivity index is 2.80. The smallest absolute Gasteiger partial charge is 0.172 e. The molecule has 4 heteroatoms. The van der Waals surface area contributed by atoms with Gasteiger partial charge >= 0.3 is 0 Å². The highest BCUT2D eigenvalue weighted by Gasteiger charge is 2.43. The predicted molar refractivity (Wildman–Crippen MR) is 136 cm³/mol. The average molecular weight is 428 g/mol. The van der Waals surface area contributed by atoms with Gasteiger partial charge in [-0.05, 0) is 43.6 Å². The third-order valence-electron chi connectivity index (χ3n) is 4.63. The maximum absolute atomic E-state index is 5.53. The summed E-state index contributed by atoms with van der Waals surface area (Å²) in [5.41, 5.74) is 1.54. The summed E-state index contributed by atoms with van der Waals surface area (Å²) in [6, 6.07) is 22.4. The molecule has 0 fully saturated rings. The normalized spacial score (nSPS) is 15.0. The van der Waals surface area contributed by atoms with Crippen molar-refractivity contribution in [2.75, 3.05) is 0 Å². The van der Waals surface area contributed by atoms with Gasteiger partial charge in [-0.1, -0.05) is 101 Å². The first-order valence-corrected chi connectivity index (χ1v) is 18.7. The highest BCUT2D eigenvalue weighted by molar-refractivity contribution is 7.76. The lowest BCUT2D eigenvalue weighted by atomic mass is 9.91. The lowest BCUT2D eigenvalue weighted by Crippen LogP contribution is -2.51. The number of hydrogen-bond acceptors (Lipinski definition) is 1. The standard InChI is InChI=1S/C24H38NPSi2/c1-24(2,3)22(25-28(7,8)9)23(27(4,5)6)26(20-16-12-10-13-17-20)21-18-14-11-15-19-21/h10-19,23H,1-9H3/b25-22-. The molecule has 28 heavy (non-hydrogen) atoms. The van der Waals surface area contributed by atoms with Crippen molar-refractivity contribution in [1.82, 2.24) is 0 Å². The van der Waals surface area contributed by atoms with Crippen LogP contribution in [0.1, 0.15) is 20.8 Å². The first-order chi connectivity index (χ1) is 12.8. The Morgan fingerprint density at radius 3 is 1.43 bits per heavy atom. The van der Waals surface area contributed by atoms with E-state index < -0.39 is 24.2 Å². The van der Waals surface area contributed by atoms with Gasteiger partial charge in [0.1, 0.15) is 0 Å². The lowest BCUT2D eigenvalue weighted by Gasteiger charge is -2.43. The topological polar surface area (TPSA) is 12.4 Å². The summed E-state index contributed by atoms with van der Waals surface area (Å²) in [5, 5.41) is 3.48. The number of benzene rings is 2. The zero-order valence-corrected chi connectivity index (χ0v) is 22.1. The van der Waals surface area contributed by atoms with Gasteiger partial charge < -0.3 is 4.66 Å². The van der Waals surface area contributed by atoms with Gasteiger partial charge in [0, 0.05) is 11.0 Å². The van der Waals surface area contributed by atoms with Gasteiger partial charge in [0.15, 0.2) is 8.24 Å². The third kappa shape index (κ3) is 6.24. The van der Waals surface area contributed by atoms with Crippen LogP contribution in [0.5, 0.6) is 0 Å². The molecule has 2 aromatic rings.